The molecule has 0 spiro atoms. The van der Waals surface area contributed by atoms with E-state index in [2.05, 4.69) is 87.9 Å². The summed E-state index contributed by atoms with van der Waals surface area (Å²) >= 11 is 0. The molecule has 8 rings (SSSR count). The second kappa shape index (κ2) is 11.9. The van der Waals surface area contributed by atoms with Crippen molar-refractivity contribution in [1.29, 1.82) is 0 Å². The number of hydrogen-bond donors (Lipinski definition) is 2. The van der Waals surface area contributed by atoms with Gasteiger partial charge in [-0.2, -0.15) is 0 Å². The number of rotatable bonds is 4. The second-order valence-electron chi connectivity index (χ2n) is 13.0. The molecule has 3 aromatic carbocycles. The van der Waals surface area contributed by atoms with Gasteiger partial charge in [-0.05, 0) is 123 Å². The quantitative estimate of drug-likeness (QED) is 0.200. The Kier molecular flexibility index (Phi) is 7.33. The number of benzene rings is 3. The Balaban J connectivity index is 1.48. The van der Waals surface area contributed by atoms with E-state index in [-0.39, 0.29) is 0 Å². The fourth-order valence-corrected chi connectivity index (χ4v) is 7.22. The van der Waals surface area contributed by atoms with Crippen LogP contribution in [0.1, 0.15) is 56.4 Å². The van der Waals surface area contributed by atoms with Crippen LogP contribution >= 0.6 is 0 Å². The molecule has 2 N–H and O–H groups in total. The summed E-state index contributed by atoms with van der Waals surface area (Å²) in [7, 11) is 0. The molecule has 240 valence electrons. The molecule has 5 heterocycles. The summed E-state index contributed by atoms with van der Waals surface area (Å²) in [6.07, 6.45) is 6.00. The number of nitrogens with zero attached hydrogens (tertiary/aromatic N) is 4. The molecule has 0 saturated carbocycles. The zero-order valence-corrected chi connectivity index (χ0v) is 28.4. The summed E-state index contributed by atoms with van der Waals surface area (Å²) in [6.45, 7) is 12.8. The minimum atomic E-state index is 0.480. The maximum atomic E-state index is 6.48. The first kappa shape index (κ1) is 30.3. The molecule has 0 amide bonds. The van der Waals surface area contributed by atoms with Gasteiger partial charge in [-0.15, -0.1) is 0 Å². The minimum Gasteiger partial charge on any atom is -0.453 e. The van der Waals surface area contributed by atoms with Crippen molar-refractivity contribution in [2.45, 2.75) is 41.5 Å². The normalized spacial score (nSPS) is 12.3. The van der Waals surface area contributed by atoms with Crippen molar-refractivity contribution in [1.82, 2.24) is 29.9 Å². The molecule has 0 saturated heterocycles. The number of H-pyrrole nitrogens is 2. The van der Waals surface area contributed by atoms with Crippen molar-refractivity contribution in [3.8, 4) is 28.0 Å². The predicted octanol–water partition coefficient (Wildman–Crippen LogP) is 10.0. The van der Waals surface area contributed by atoms with Gasteiger partial charge in [0.2, 0.25) is 0 Å². The minimum absolute atomic E-state index is 0.480. The number of aromatic nitrogens is 6. The highest BCUT2D eigenvalue weighted by atomic mass is 16.5. The van der Waals surface area contributed by atoms with Crippen LogP contribution in [0.2, 0.25) is 0 Å². The van der Waals surface area contributed by atoms with Gasteiger partial charge in [0, 0.05) is 28.2 Å². The van der Waals surface area contributed by atoms with Gasteiger partial charge in [0.1, 0.15) is 17.0 Å². The molecule has 0 aliphatic carbocycles. The smallest absolute Gasteiger partial charge is 0.198 e. The van der Waals surface area contributed by atoms with Gasteiger partial charge in [0.15, 0.2) is 17.4 Å². The maximum Gasteiger partial charge on any atom is 0.198 e. The molecular weight excluding hydrogens is 605 g/mol. The average Bonchev–Trinajstić information content (AvgIpc) is 3.87. The third-order valence-electron chi connectivity index (χ3n) is 9.02. The summed E-state index contributed by atoms with van der Waals surface area (Å²) in [5.41, 5.74) is 16.0. The number of fused-ring (bicyclic) bond motifs is 8. The van der Waals surface area contributed by atoms with Gasteiger partial charge in [-0.1, -0.05) is 53.6 Å². The molecule has 8 bridgehead atoms. The van der Waals surface area contributed by atoms with Crippen LogP contribution in [0, 0.1) is 41.5 Å². The molecule has 49 heavy (non-hydrogen) atoms. The Labute approximate surface area is 285 Å². The Hall–Kier alpha value is -6.08. The van der Waals surface area contributed by atoms with Crippen LogP contribution in [0.15, 0.2) is 78.9 Å². The summed E-state index contributed by atoms with van der Waals surface area (Å²) < 4.78 is 6.48. The number of nitrogens with one attached hydrogen (secondary N) is 2. The van der Waals surface area contributed by atoms with Crippen molar-refractivity contribution < 1.29 is 4.74 Å². The molecule has 0 atom stereocenters. The largest absolute Gasteiger partial charge is 0.453 e. The van der Waals surface area contributed by atoms with Crippen molar-refractivity contribution in [2.24, 2.45) is 0 Å². The lowest BCUT2D eigenvalue weighted by Crippen LogP contribution is -1.96. The topological polar surface area (TPSA) is 92.4 Å². The van der Waals surface area contributed by atoms with Crippen LogP contribution in [-0.2, 0) is 0 Å². The van der Waals surface area contributed by atoms with E-state index in [0.717, 1.165) is 55.8 Å². The summed E-state index contributed by atoms with van der Waals surface area (Å²) in [4.78, 5) is 27.4. The van der Waals surface area contributed by atoms with Crippen LogP contribution in [0.3, 0.4) is 0 Å². The fraction of sp³-hybridized carbons (Fsp3) is 0.143. The monoisotopic (exact) mass is 640 g/mol. The van der Waals surface area contributed by atoms with Gasteiger partial charge in [0.05, 0.1) is 11.4 Å². The number of aryl methyl sites for hydroxylation is 6. The zero-order chi connectivity index (χ0) is 33.8. The number of ether oxygens (including phenoxy) is 1. The molecular formula is C42H36N6O. The first-order chi connectivity index (χ1) is 23.7. The Bertz CT molecular complexity index is 2490. The molecule has 3 aromatic heterocycles. The van der Waals surface area contributed by atoms with E-state index in [1.165, 1.54) is 22.3 Å². The molecule has 0 unspecified atom stereocenters. The summed E-state index contributed by atoms with van der Waals surface area (Å²) in [5.74, 6) is 2.38. The molecule has 0 fully saturated rings. The molecule has 7 heteroatoms. The molecule has 7 nitrogen and oxygen atoms in total. The van der Waals surface area contributed by atoms with Crippen LogP contribution in [-0.4, -0.2) is 29.9 Å². The third kappa shape index (κ3) is 5.63. The Morgan fingerprint density at radius 1 is 0.510 bits per heavy atom. The van der Waals surface area contributed by atoms with Crippen LogP contribution < -0.4 is 4.74 Å². The van der Waals surface area contributed by atoms with Gasteiger partial charge >= 0.3 is 0 Å². The van der Waals surface area contributed by atoms with Crippen molar-refractivity contribution in [2.75, 3.05) is 0 Å². The van der Waals surface area contributed by atoms with Crippen LogP contribution in [0.25, 0.3) is 68.6 Å². The second-order valence-corrected chi connectivity index (χ2v) is 13.0. The highest BCUT2D eigenvalue weighted by Gasteiger charge is 2.22. The number of para-hydroxylation sites is 1. The third-order valence-corrected chi connectivity index (χ3v) is 9.02. The fourth-order valence-electron chi connectivity index (χ4n) is 7.22. The van der Waals surface area contributed by atoms with Crippen molar-refractivity contribution in [3.63, 3.8) is 0 Å². The van der Waals surface area contributed by atoms with E-state index < -0.39 is 0 Å². The van der Waals surface area contributed by atoms with E-state index in [4.69, 9.17) is 24.7 Å². The Morgan fingerprint density at radius 2 is 1.06 bits per heavy atom. The lowest BCUT2D eigenvalue weighted by Gasteiger charge is -2.13. The van der Waals surface area contributed by atoms with E-state index in [1.807, 2.05) is 60.7 Å². The highest BCUT2D eigenvalue weighted by molar-refractivity contribution is 5.95. The maximum absolute atomic E-state index is 6.48. The van der Waals surface area contributed by atoms with Gasteiger partial charge in [0.25, 0.3) is 0 Å². The molecule has 2 aliphatic heterocycles. The zero-order valence-electron chi connectivity index (χ0n) is 28.4. The Morgan fingerprint density at radius 3 is 1.65 bits per heavy atom. The van der Waals surface area contributed by atoms with Crippen molar-refractivity contribution in [3.05, 3.63) is 135 Å². The molecule has 0 radical (unpaired) electrons. The van der Waals surface area contributed by atoms with E-state index in [9.17, 15) is 0 Å². The van der Waals surface area contributed by atoms with E-state index in [0.29, 0.717) is 34.5 Å². The molecule has 6 aromatic rings. The van der Waals surface area contributed by atoms with Crippen molar-refractivity contribution >= 4 is 46.3 Å². The first-order valence-corrected chi connectivity index (χ1v) is 16.5. The highest BCUT2D eigenvalue weighted by Crippen LogP contribution is 2.38. The number of hydrogen-bond acceptors (Lipinski definition) is 5. The summed E-state index contributed by atoms with van der Waals surface area (Å²) in [6, 6.07) is 26.7. The number of aromatic amines is 2. The SMILES string of the molecule is Cc1cc(C)c(-c2c3nc(nc4ccc([nH]4)c(-c4c(C)cc(C)cc4C)c4nc(nc5ccc2[nH]5)C=C4)C(Oc2ccccc2)=C3)c(C)c1. The van der Waals surface area contributed by atoms with Crippen LogP contribution in [0.5, 0.6) is 5.75 Å². The van der Waals surface area contributed by atoms with Gasteiger partial charge in [-0.3, -0.25) is 0 Å². The average molecular weight is 641 g/mol. The van der Waals surface area contributed by atoms with E-state index in [1.54, 1.807) is 0 Å². The van der Waals surface area contributed by atoms with E-state index >= 15 is 0 Å². The van der Waals surface area contributed by atoms with Gasteiger partial charge < -0.3 is 14.7 Å². The lowest BCUT2D eigenvalue weighted by molar-refractivity contribution is 0.514. The first-order valence-electron chi connectivity index (χ1n) is 16.5. The lowest BCUT2D eigenvalue weighted by atomic mass is 9.92. The van der Waals surface area contributed by atoms with Crippen LogP contribution in [0.4, 0.5) is 0 Å². The standard InChI is InChI=1S/C42H36N6O/c1-23-18-25(3)38(26(4)19-23)40-30-12-15-35(43-30)47-36-16-13-32(44-36)41(39-27(5)20-24(2)21-28(39)6)33-22-34(49-29-10-8-7-9-11-29)42(46-33)48-37-17-14-31(40)45-37/h7-22H,1-6H3,(H,43,44,47)(H,45,46,48). The molecule has 2 aliphatic rings. The predicted molar refractivity (Wildman–Crippen MR) is 200 cm³/mol. The summed E-state index contributed by atoms with van der Waals surface area (Å²) in [5, 5.41) is 0. The van der Waals surface area contributed by atoms with Gasteiger partial charge in [-0.25, -0.2) is 19.9 Å².